The van der Waals surface area contributed by atoms with E-state index in [-0.39, 0.29) is 0 Å². The highest BCUT2D eigenvalue weighted by atomic mass is 28.4. The SMILES string of the molecule is COCCO[Si](C)(C[Si](OC)(OC)OC)OC. The van der Waals surface area contributed by atoms with E-state index >= 15 is 0 Å². The lowest BCUT2D eigenvalue weighted by atomic mass is 10.8. The van der Waals surface area contributed by atoms with Crippen molar-refractivity contribution in [3.63, 3.8) is 0 Å². The third-order valence-corrected chi connectivity index (χ3v) is 10.4. The molecule has 8 heteroatoms. The number of hydrogen-bond acceptors (Lipinski definition) is 6. The maximum atomic E-state index is 5.77. The average molecular weight is 284 g/mol. The van der Waals surface area contributed by atoms with Gasteiger partial charge in [-0.1, -0.05) is 0 Å². The Morgan fingerprint density at radius 2 is 1.29 bits per heavy atom. The molecule has 0 aromatic rings. The highest BCUT2D eigenvalue weighted by molar-refractivity contribution is 6.82. The Labute approximate surface area is 106 Å². The summed E-state index contributed by atoms with van der Waals surface area (Å²) < 4.78 is 32.4. The van der Waals surface area contributed by atoms with E-state index < -0.39 is 17.4 Å². The van der Waals surface area contributed by atoms with E-state index in [0.29, 0.717) is 18.9 Å². The summed E-state index contributed by atoms with van der Waals surface area (Å²) in [6.07, 6.45) is 0. The molecule has 0 aliphatic carbocycles. The van der Waals surface area contributed by atoms with Crippen molar-refractivity contribution in [2.24, 2.45) is 0 Å². The van der Waals surface area contributed by atoms with Crippen LogP contribution in [-0.2, 0) is 26.9 Å². The molecule has 0 aliphatic rings. The Morgan fingerprint density at radius 1 is 0.765 bits per heavy atom. The van der Waals surface area contributed by atoms with Gasteiger partial charge in [0, 0.05) is 35.5 Å². The van der Waals surface area contributed by atoms with Crippen molar-refractivity contribution in [1.82, 2.24) is 0 Å². The molecule has 0 aromatic heterocycles. The summed E-state index contributed by atoms with van der Waals surface area (Å²) in [4.78, 5) is 0. The molecule has 0 fully saturated rings. The van der Waals surface area contributed by atoms with E-state index in [1.807, 2.05) is 6.55 Å². The topological polar surface area (TPSA) is 55.4 Å². The van der Waals surface area contributed by atoms with Gasteiger partial charge in [-0.05, 0) is 6.55 Å². The molecule has 1 atom stereocenters. The van der Waals surface area contributed by atoms with Crippen LogP contribution in [-0.4, -0.2) is 66.1 Å². The second-order valence-electron chi connectivity index (χ2n) is 3.65. The number of rotatable bonds is 10. The fourth-order valence-electron chi connectivity index (χ4n) is 1.38. The Hall–Kier alpha value is 0.194. The van der Waals surface area contributed by atoms with Crippen LogP contribution in [0, 0.1) is 0 Å². The van der Waals surface area contributed by atoms with Gasteiger partial charge in [0.15, 0.2) is 0 Å². The molecule has 0 bridgehead atoms. The van der Waals surface area contributed by atoms with E-state index in [1.54, 1.807) is 35.5 Å². The zero-order valence-corrected chi connectivity index (χ0v) is 13.6. The largest absolute Gasteiger partial charge is 0.502 e. The predicted molar refractivity (Wildman–Crippen MR) is 68.0 cm³/mol. The zero-order chi connectivity index (χ0) is 13.4. The van der Waals surface area contributed by atoms with Gasteiger partial charge in [-0.2, -0.15) is 0 Å². The molecule has 0 heterocycles. The van der Waals surface area contributed by atoms with Crippen LogP contribution in [0.4, 0.5) is 0 Å². The first-order chi connectivity index (χ1) is 8.01. The highest BCUT2D eigenvalue weighted by Crippen LogP contribution is 2.23. The lowest BCUT2D eigenvalue weighted by molar-refractivity contribution is 0.106. The minimum absolute atomic E-state index is 0.495. The third-order valence-electron chi connectivity index (χ3n) is 2.60. The van der Waals surface area contributed by atoms with Crippen LogP contribution < -0.4 is 0 Å². The lowest BCUT2D eigenvalue weighted by Crippen LogP contribution is -2.53. The van der Waals surface area contributed by atoms with Gasteiger partial charge in [0.1, 0.15) is 0 Å². The van der Waals surface area contributed by atoms with Gasteiger partial charge >= 0.3 is 17.4 Å². The fourth-order valence-corrected chi connectivity index (χ4v) is 8.38. The molecule has 0 amide bonds. The second kappa shape index (κ2) is 8.32. The van der Waals surface area contributed by atoms with Crippen LogP contribution in [0.1, 0.15) is 0 Å². The second-order valence-corrected chi connectivity index (χ2v) is 10.6. The van der Waals surface area contributed by atoms with Crippen LogP contribution in [0.15, 0.2) is 0 Å². The van der Waals surface area contributed by atoms with Gasteiger partial charge in [-0.15, -0.1) is 0 Å². The molecule has 0 spiro atoms. The lowest BCUT2D eigenvalue weighted by Gasteiger charge is -2.32. The van der Waals surface area contributed by atoms with Gasteiger partial charge in [0.05, 0.1) is 18.9 Å². The first kappa shape index (κ1) is 17.2. The molecule has 0 aliphatic heterocycles. The molecule has 0 rings (SSSR count). The monoisotopic (exact) mass is 284 g/mol. The van der Waals surface area contributed by atoms with Crippen molar-refractivity contribution in [1.29, 1.82) is 0 Å². The Bertz CT molecular complexity index is 194. The first-order valence-electron chi connectivity index (χ1n) is 5.35. The number of methoxy groups -OCH3 is 1. The molecule has 0 saturated carbocycles. The summed E-state index contributed by atoms with van der Waals surface area (Å²) >= 11 is 0. The normalized spacial score (nSPS) is 15.9. The van der Waals surface area contributed by atoms with E-state index in [9.17, 15) is 0 Å². The van der Waals surface area contributed by atoms with Crippen LogP contribution >= 0.6 is 0 Å². The minimum Gasteiger partial charge on any atom is -0.398 e. The summed E-state index contributed by atoms with van der Waals surface area (Å²) in [5.41, 5.74) is 0.545. The zero-order valence-electron chi connectivity index (χ0n) is 11.6. The van der Waals surface area contributed by atoms with Crippen molar-refractivity contribution < 1.29 is 26.9 Å². The molecule has 104 valence electrons. The molecule has 6 nitrogen and oxygen atoms in total. The summed E-state index contributed by atoms with van der Waals surface area (Å²) in [6, 6.07) is 0. The van der Waals surface area contributed by atoms with E-state index in [4.69, 9.17) is 26.9 Å². The van der Waals surface area contributed by atoms with Gasteiger partial charge in [-0.3, -0.25) is 0 Å². The van der Waals surface area contributed by atoms with Gasteiger partial charge in [0.2, 0.25) is 0 Å². The number of hydrogen-bond donors (Lipinski definition) is 0. The van der Waals surface area contributed by atoms with E-state index in [2.05, 4.69) is 0 Å². The van der Waals surface area contributed by atoms with Crippen molar-refractivity contribution in [2.45, 2.75) is 12.2 Å². The molecule has 17 heavy (non-hydrogen) atoms. The van der Waals surface area contributed by atoms with Crippen molar-refractivity contribution >= 4 is 17.4 Å². The smallest absolute Gasteiger partial charge is 0.398 e. The van der Waals surface area contributed by atoms with Crippen LogP contribution in [0.3, 0.4) is 0 Å². The minimum atomic E-state index is -2.66. The van der Waals surface area contributed by atoms with Crippen LogP contribution in [0.2, 0.25) is 12.2 Å². The molecule has 0 aromatic carbocycles. The standard InChI is InChI=1S/C9H24O6Si2/c1-10-7-8-15-16(6,11-2)9-17(12-3,13-4)14-5/h7-9H2,1-6H3. The Morgan fingerprint density at radius 3 is 1.65 bits per heavy atom. The average Bonchev–Trinajstić information content (AvgIpc) is 2.37. The predicted octanol–water partition coefficient (Wildman–Crippen LogP) is 0.785. The quantitative estimate of drug-likeness (QED) is 0.437. The fraction of sp³-hybridized carbons (Fsp3) is 1.00. The van der Waals surface area contributed by atoms with Gasteiger partial charge in [0.25, 0.3) is 0 Å². The molecule has 0 radical (unpaired) electrons. The summed E-state index contributed by atoms with van der Waals surface area (Å²) in [7, 11) is 3.00. The van der Waals surface area contributed by atoms with Crippen molar-refractivity contribution in [3.8, 4) is 0 Å². The summed E-state index contributed by atoms with van der Waals surface area (Å²) in [5.74, 6) is 0. The Kier molecular flexibility index (Phi) is 8.42. The molecular weight excluding hydrogens is 260 g/mol. The van der Waals surface area contributed by atoms with Gasteiger partial charge in [-0.25, -0.2) is 0 Å². The number of ether oxygens (including phenoxy) is 1. The molecular formula is C9H24O6Si2. The molecule has 0 N–H and O–H groups in total. The van der Waals surface area contributed by atoms with Crippen LogP contribution in [0.5, 0.6) is 0 Å². The maximum Gasteiger partial charge on any atom is 0.502 e. The molecule has 0 saturated heterocycles. The van der Waals surface area contributed by atoms with Crippen LogP contribution in [0.25, 0.3) is 0 Å². The van der Waals surface area contributed by atoms with Crippen molar-refractivity contribution in [2.75, 3.05) is 48.8 Å². The maximum absolute atomic E-state index is 5.77. The van der Waals surface area contributed by atoms with E-state index in [1.165, 1.54) is 0 Å². The summed E-state index contributed by atoms with van der Waals surface area (Å²) in [6.45, 7) is 2.99. The Balaban J connectivity index is 4.52. The first-order valence-corrected chi connectivity index (χ1v) is 9.80. The third kappa shape index (κ3) is 5.57. The van der Waals surface area contributed by atoms with Gasteiger partial charge < -0.3 is 26.9 Å². The highest BCUT2D eigenvalue weighted by Gasteiger charge is 2.49. The molecule has 1 unspecified atom stereocenters. The summed E-state index contributed by atoms with van der Waals surface area (Å²) in [5, 5.41) is 0. The van der Waals surface area contributed by atoms with Crippen molar-refractivity contribution in [3.05, 3.63) is 0 Å². The van der Waals surface area contributed by atoms with E-state index in [0.717, 1.165) is 0 Å².